The molecule has 0 fully saturated rings. The number of urea groups is 1. The molecule has 0 aliphatic rings. The number of carbonyl (C=O) groups is 3. The van der Waals surface area contributed by atoms with Crippen molar-refractivity contribution in [1.29, 1.82) is 0 Å². The van der Waals surface area contributed by atoms with Gasteiger partial charge in [0.1, 0.15) is 5.15 Å². The average molecular weight is 398 g/mol. The number of esters is 1. The van der Waals surface area contributed by atoms with Gasteiger partial charge in [0.25, 0.3) is 5.91 Å². The van der Waals surface area contributed by atoms with Crippen LogP contribution in [0.25, 0.3) is 10.9 Å². The molecule has 0 aliphatic heterocycles. The van der Waals surface area contributed by atoms with Crippen molar-refractivity contribution in [3.63, 3.8) is 0 Å². The summed E-state index contributed by atoms with van der Waals surface area (Å²) in [7, 11) is 0. The van der Waals surface area contributed by atoms with Crippen LogP contribution in [0.1, 0.15) is 15.9 Å². The number of carbonyl (C=O) groups excluding carboxylic acids is 3. The number of pyridine rings is 1. The summed E-state index contributed by atoms with van der Waals surface area (Å²) in [4.78, 5) is 39.7. The van der Waals surface area contributed by atoms with E-state index in [4.69, 9.17) is 16.3 Å². The quantitative estimate of drug-likeness (QED) is 0.509. The number of fused-ring (bicyclic) bond motifs is 1. The van der Waals surface area contributed by atoms with Crippen LogP contribution in [0, 0.1) is 0 Å². The van der Waals surface area contributed by atoms with Crippen LogP contribution in [0.5, 0.6) is 0 Å². The first-order valence-electron chi connectivity index (χ1n) is 8.36. The minimum absolute atomic E-state index is 0.262. The minimum atomic E-state index is -0.729. The Morgan fingerprint density at radius 2 is 1.79 bits per heavy atom. The van der Waals surface area contributed by atoms with E-state index >= 15 is 0 Å². The second kappa shape index (κ2) is 8.96. The Morgan fingerprint density at radius 3 is 2.57 bits per heavy atom. The fourth-order valence-electron chi connectivity index (χ4n) is 2.43. The lowest BCUT2D eigenvalue weighted by atomic mass is 10.1. The second-order valence-electron chi connectivity index (χ2n) is 5.83. The molecule has 8 heteroatoms. The SMILES string of the molecule is O=C(COC(=O)c1ccc2nc(Cl)ccc2c1)NC(=O)NCc1ccccc1. The summed E-state index contributed by atoms with van der Waals surface area (Å²) in [6.45, 7) is -0.302. The van der Waals surface area contributed by atoms with E-state index in [2.05, 4.69) is 15.6 Å². The monoisotopic (exact) mass is 397 g/mol. The van der Waals surface area contributed by atoms with E-state index in [1.807, 2.05) is 30.3 Å². The van der Waals surface area contributed by atoms with E-state index in [1.54, 1.807) is 24.3 Å². The summed E-state index contributed by atoms with van der Waals surface area (Å²) < 4.78 is 4.95. The van der Waals surface area contributed by atoms with Gasteiger partial charge in [-0.05, 0) is 35.9 Å². The zero-order valence-corrected chi connectivity index (χ0v) is 15.4. The summed E-state index contributed by atoms with van der Waals surface area (Å²) >= 11 is 5.82. The van der Waals surface area contributed by atoms with Gasteiger partial charge in [-0.1, -0.05) is 41.9 Å². The largest absolute Gasteiger partial charge is 0.452 e. The highest BCUT2D eigenvalue weighted by molar-refractivity contribution is 6.29. The van der Waals surface area contributed by atoms with E-state index in [1.165, 1.54) is 6.07 Å². The molecule has 3 aromatic rings. The number of amides is 3. The van der Waals surface area contributed by atoms with Gasteiger partial charge in [-0.25, -0.2) is 14.6 Å². The lowest BCUT2D eigenvalue weighted by Crippen LogP contribution is -2.41. The number of hydrogen-bond donors (Lipinski definition) is 2. The lowest BCUT2D eigenvalue weighted by molar-refractivity contribution is -0.123. The van der Waals surface area contributed by atoms with E-state index in [9.17, 15) is 14.4 Å². The van der Waals surface area contributed by atoms with Crippen molar-refractivity contribution in [2.75, 3.05) is 6.61 Å². The minimum Gasteiger partial charge on any atom is -0.452 e. The van der Waals surface area contributed by atoms with Crippen LogP contribution in [0.3, 0.4) is 0 Å². The predicted molar refractivity (Wildman–Crippen MR) is 104 cm³/mol. The number of imide groups is 1. The smallest absolute Gasteiger partial charge is 0.338 e. The van der Waals surface area contributed by atoms with Crippen molar-refractivity contribution in [1.82, 2.24) is 15.6 Å². The Kier molecular flexibility index (Phi) is 6.18. The number of hydrogen-bond acceptors (Lipinski definition) is 5. The topological polar surface area (TPSA) is 97.4 Å². The zero-order chi connectivity index (χ0) is 19.9. The molecule has 1 aromatic heterocycles. The van der Waals surface area contributed by atoms with Gasteiger partial charge in [0.05, 0.1) is 11.1 Å². The molecule has 1 heterocycles. The molecule has 142 valence electrons. The van der Waals surface area contributed by atoms with Crippen molar-refractivity contribution in [2.24, 2.45) is 0 Å². The molecule has 0 unspecified atom stereocenters. The lowest BCUT2D eigenvalue weighted by Gasteiger charge is -2.08. The predicted octanol–water partition coefficient (Wildman–Crippen LogP) is 3.07. The van der Waals surface area contributed by atoms with Crippen molar-refractivity contribution in [2.45, 2.75) is 6.54 Å². The third-order valence-corrected chi connectivity index (χ3v) is 3.98. The summed E-state index contributed by atoms with van der Waals surface area (Å²) in [6.07, 6.45) is 0. The maximum Gasteiger partial charge on any atom is 0.338 e. The number of aromatic nitrogens is 1. The molecule has 0 radical (unpaired) electrons. The third kappa shape index (κ3) is 5.28. The maximum absolute atomic E-state index is 12.1. The number of nitrogens with one attached hydrogen (secondary N) is 2. The standard InChI is InChI=1S/C20H16ClN3O4/c21-17-9-7-14-10-15(6-8-16(14)23-17)19(26)28-12-18(25)24-20(27)22-11-13-4-2-1-3-5-13/h1-10H,11-12H2,(H2,22,24,25,27). The van der Waals surface area contributed by atoms with E-state index in [0.717, 1.165) is 5.56 Å². The molecule has 7 nitrogen and oxygen atoms in total. The highest BCUT2D eigenvalue weighted by atomic mass is 35.5. The van der Waals surface area contributed by atoms with E-state index in [0.29, 0.717) is 16.1 Å². The molecule has 28 heavy (non-hydrogen) atoms. The molecule has 0 saturated heterocycles. The summed E-state index contributed by atoms with van der Waals surface area (Å²) in [5.74, 6) is -1.41. The Morgan fingerprint density at radius 1 is 1.00 bits per heavy atom. The van der Waals surface area contributed by atoms with Crippen LogP contribution in [0.15, 0.2) is 60.7 Å². The number of rotatable bonds is 5. The Bertz CT molecular complexity index is 1020. The summed E-state index contributed by atoms with van der Waals surface area (Å²) in [5.41, 5.74) is 1.79. The van der Waals surface area contributed by atoms with Crippen LogP contribution in [0.2, 0.25) is 5.15 Å². The van der Waals surface area contributed by atoms with Gasteiger partial charge in [-0.15, -0.1) is 0 Å². The highest BCUT2D eigenvalue weighted by Gasteiger charge is 2.13. The Hall–Kier alpha value is -3.45. The first-order valence-corrected chi connectivity index (χ1v) is 8.74. The van der Waals surface area contributed by atoms with Gasteiger partial charge in [-0.2, -0.15) is 0 Å². The summed E-state index contributed by atoms with van der Waals surface area (Å²) in [6, 6.07) is 16.7. The molecular weight excluding hydrogens is 382 g/mol. The normalized spacial score (nSPS) is 10.3. The van der Waals surface area contributed by atoms with Crippen LogP contribution in [-0.4, -0.2) is 29.5 Å². The highest BCUT2D eigenvalue weighted by Crippen LogP contribution is 2.17. The molecule has 0 atom stereocenters. The number of halogens is 1. The van der Waals surface area contributed by atoms with Gasteiger partial charge < -0.3 is 10.1 Å². The molecule has 0 spiro atoms. The fraction of sp³-hybridized carbons (Fsp3) is 0.100. The molecule has 2 aromatic carbocycles. The van der Waals surface area contributed by atoms with Gasteiger partial charge in [0, 0.05) is 11.9 Å². The van der Waals surface area contributed by atoms with Crippen LogP contribution in [-0.2, 0) is 16.1 Å². The van der Waals surface area contributed by atoms with Crippen molar-refractivity contribution in [3.8, 4) is 0 Å². The van der Waals surface area contributed by atoms with Gasteiger partial charge >= 0.3 is 12.0 Å². The van der Waals surface area contributed by atoms with E-state index in [-0.39, 0.29) is 12.1 Å². The zero-order valence-electron chi connectivity index (χ0n) is 14.6. The first-order chi connectivity index (χ1) is 13.5. The van der Waals surface area contributed by atoms with Crippen molar-refractivity contribution >= 4 is 40.4 Å². The Balaban J connectivity index is 1.48. The number of ether oxygens (including phenoxy) is 1. The van der Waals surface area contributed by atoms with Gasteiger partial charge in [0.2, 0.25) is 0 Å². The van der Waals surface area contributed by atoms with Crippen LogP contribution >= 0.6 is 11.6 Å². The molecule has 0 aliphatic carbocycles. The average Bonchev–Trinajstić information content (AvgIpc) is 2.71. The van der Waals surface area contributed by atoms with E-state index < -0.39 is 24.5 Å². The van der Waals surface area contributed by atoms with Crippen molar-refractivity contribution < 1.29 is 19.1 Å². The number of nitrogens with zero attached hydrogens (tertiary/aromatic N) is 1. The first kappa shape index (κ1) is 19.3. The Labute approximate surface area is 165 Å². The van der Waals surface area contributed by atoms with Crippen LogP contribution in [0.4, 0.5) is 4.79 Å². The molecule has 3 rings (SSSR count). The van der Waals surface area contributed by atoms with Crippen molar-refractivity contribution in [3.05, 3.63) is 76.9 Å². The number of benzene rings is 2. The molecule has 0 bridgehead atoms. The molecule has 0 saturated carbocycles. The second-order valence-corrected chi connectivity index (χ2v) is 6.22. The summed E-state index contributed by atoms with van der Waals surface area (Å²) in [5, 5.41) is 5.71. The van der Waals surface area contributed by atoms with Gasteiger partial charge in [-0.3, -0.25) is 10.1 Å². The van der Waals surface area contributed by atoms with Crippen LogP contribution < -0.4 is 10.6 Å². The maximum atomic E-state index is 12.1. The molecule has 2 N–H and O–H groups in total. The van der Waals surface area contributed by atoms with Gasteiger partial charge in [0.15, 0.2) is 6.61 Å². The molecular formula is C20H16ClN3O4. The third-order valence-electron chi connectivity index (χ3n) is 3.77. The fourth-order valence-corrected chi connectivity index (χ4v) is 2.58. The molecule has 3 amide bonds.